The monoisotopic (exact) mass is 545 g/mol. The van der Waals surface area contributed by atoms with Gasteiger partial charge in [0.1, 0.15) is 12.3 Å². The van der Waals surface area contributed by atoms with Crippen LogP contribution in [-0.4, -0.2) is 52.6 Å². The number of nitrogens with zero attached hydrogens (tertiary/aromatic N) is 5. The van der Waals surface area contributed by atoms with E-state index in [9.17, 15) is 22.8 Å². The molecule has 3 amide bonds. The Labute approximate surface area is 221 Å². The molecule has 1 atom stereocenters. The summed E-state index contributed by atoms with van der Waals surface area (Å²) in [6.45, 7) is 1.30. The predicted molar refractivity (Wildman–Crippen MR) is 137 cm³/mol. The molecule has 2 aromatic heterocycles. The van der Waals surface area contributed by atoms with Gasteiger partial charge in [-0.3, -0.25) is 9.69 Å². The number of anilines is 4. The number of aromatic nitrogens is 3. The Bertz CT molecular complexity index is 1400. The molecule has 198 valence electrons. The van der Waals surface area contributed by atoms with Crippen LogP contribution in [0, 0.1) is 0 Å². The van der Waals surface area contributed by atoms with Gasteiger partial charge in [-0.05, 0) is 30.2 Å². The fourth-order valence-corrected chi connectivity index (χ4v) is 4.70. The van der Waals surface area contributed by atoms with Crippen molar-refractivity contribution in [3.63, 3.8) is 0 Å². The summed E-state index contributed by atoms with van der Waals surface area (Å²) in [4.78, 5) is 39.4. The SMILES string of the molecule is O=C1CCCN1c1ccc(-c2cnc(Nc3cnc4c(c3)N3C(=O)NC[C@H]3CO4)nc2C(F)(F)F)cc1.S. The Hall–Kier alpha value is -4.07. The normalized spacial score (nSPS) is 18.3. The van der Waals surface area contributed by atoms with Crippen molar-refractivity contribution in [3.8, 4) is 17.0 Å². The molecule has 38 heavy (non-hydrogen) atoms. The van der Waals surface area contributed by atoms with Crippen molar-refractivity contribution in [2.75, 3.05) is 34.8 Å². The first-order valence-electron chi connectivity index (χ1n) is 11.6. The number of fused-ring (bicyclic) bond motifs is 3. The second-order valence-corrected chi connectivity index (χ2v) is 8.84. The van der Waals surface area contributed by atoms with Crippen molar-refractivity contribution in [1.82, 2.24) is 20.3 Å². The van der Waals surface area contributed by atoms with E-state index in [1.807, 2.05) is 0 Å². The summed E-state index contributed by atoms with van der Waals surface area (Å²) >= 11 is 0. The van der Waals surface area contributed by atoms with Crippen LogP contribution < -0.4 is 25.2 Å². The molecule has 2 saturated heterocycles. The third-order valence-corrected chi connectivity index (χ3v) is 6.45. The van der Waals surface area contributed by atoms with Gasteiger partial charge in [0, 0.05) is 37.0 Å². The second-order valence-electron chi connectivity index (χ2n) is 8.84. The number of alkyl halides is 3. The maximum atomic E-state index is 14.0. The molecule has 2 fully saturated rings. The molecule has 0 aliphatic carbocycles. The molecule has 3 aromatic rings. The van der Waals surface area contributed by atoms with Crippen LogP contribution in [0.2, 0.25) is 0 Å². The van der Waals surface area contributed by atoms with Crippen molar-refractivity contribution in [2.24, 2.45) is 0 Å². The molecule has 0 saturated carbocycles. The van der Waals surface area contributed by atoms with Crippen LogP contribution in [-0.2, 0) is 11.0 Å². The largest absolute Gasteiger partial charge is 0.474 e. The summed E-state index contributed by atoms with van der Waals surface area (Å²) in [6.07, 6.45) is -1.06. The topological polar surface area (TPSA) is 113 Å². The highest BCUT2D eigenvalue weighted by Crippen LogP contribution is 2.38. The number of carbonyl (C=O) groups is 2. The van der Waals surface area contributed by atoms with E-state index >= 15 is 0 Å². The van der Waals surface area contributed by atoms with Crippen LogP contribution in [0.1, 0.15) is 18.5 Å². The van der Waals surface area contributed by atoms with Crippen molar-refractivity contribution < 1.29 is 27.5 Å². The Morgan fingerprint density at radius 2 is 1.89 bits per heavy atom. The van der Waals surface area contributed by atoms with E-state index in [1.54, 1.807) is 23.1 Å². The zero-order valence-electron chi connectivity index (χ0n) is 19.7. The lowest BCUT2D eigenvalue weighted by Gasteiger charge is -2.29. The molecular formula is C24H22F3N7O3S. The van der Waals surface area contributed by atoms with Crippen LogP contribution in [0.4, 0.5) is 41.0 Å². The number of nitrogens with one attached hydrogen (secondary N) is 2. The minimum Gasteiger partial charge on any atom is -0.474 e. The van der Waals surface area contributed by atoms with Gasteiger partial charge in [-0.2, -0.15) is 26.7 Å². The van der Waals surface area contributed by atoms with E-state index in [-0.39, 0.29) is 54.4 Å². The molecule has 2 N–H and O–H groups in total. The summed E-state index contributed by atoms with van der Waals surface area (Å²) < 4.78 is 47.6. The fraction of sp³-hybridized carbons (Fsp3) is 0.292. The number of hydrogen-bond donors (Lipinski definition) is 2. The number of amides is 3. The molecular weight excluding hydrogens is 523 g/mol. The Morgan fingerprint density at radius 3 is 2.61 bits per heavy atom. The van der Waals surface area contributed by atoms with Crippen molar-refractivity contribution in [3.05, 3.63) is 48.4 Å². The van der Waals surface area contributed by atoms with Crippen LogP contribution in [0.3, 0.4) is 0 Å². The van der Waals surface area contributed by atoms with Gasteiger partial charge in [0.25, 0.3) is 0 Å². The average Bonchev–Trinajstić information content (AvgIpc) is 3.49. The predicted octanol–water partition coefficient (Wildman–Crippen LogP) is 3.83. The van der Waals surface area contributed by atoms with Crippen molar-refractivity contribution in [2.45, 2.75) is 25.1 Å². The maximum absolute atomic E-state index is 14.0. The van der Waals surface area contributed by atoms with Gasteiger partial charge in [-0.1, -0.05) is 12.1 Å². The minimum atomic E-state index is -4.75. The number of urea groups is 1. The van der Waals surface area contributed by atoms with E-state index in [2.05, 4.69) is 25.6 Å². The smallest absolute Gasteiger partial charge is 0.434 e. The van der Waals surface area contributed by atoms with Crippen LogP contribution in [0.5, 0.6) is 5.88 Å². The number of pyridine rings is 1. The summed E-state index contributed by atoms with van der Waals surface area (Å²) in [7, 11) is 0. The maximum Gasteiger partial charge on any atom is 0.434 e. The number of ether oxygens (including phenoxy) is 1. The number of rotatable bonds is 4. The fourth-order valence-electron chi connectivity index (χ4n) is 4.70. The first-order valence-corrected chi connectivity index (χ1v) is 11.6. The van der Waals surface area contributed by atoms with E-state index in [4.69, 9.17) is 4.74 Å². The Balaban J connectivity index is 0.00000294. The van der Waals surface area contributed by atoms with Gasteiger partial charge in [0.05, 0.1) is 17.9 Å². The summed E-state index contributed by atoms with van der Waals surface area (Å²) in [5.41, 5.74) is 0.308. The van der Waals surface area contributed by atoms with E-state index in [1.165, 1.54) is 23.2 Å². The van der Waals surface area contributed by atoms with E-state index in [0.29, 0.717) is 43.2 Å². The zero-order chi connectivity index (χ0) is 25.7. The summed E-state index contributed by atoms with van der Waals surface area (Å²) in [5, 5.41) is 5.48. The van der Waals surface area contributed by atoms with Gasteiger partial charge in [0.15, 0.2) is 5.69 Å². The van der Waals surface area contributed by atoms with E-state index in [0.717, 1.165) is 12.6 Å². The summed E-state index contributed by atoms with van der Waals surface area (Å²) in [6, 6.07) is 7.34. The van der Waals surface area contributed by atoms with Gasteiger partial charge < -0.3 is 20.3 Å². The molecule has 14 heteroatoms. The lowest BCUT2D eigenvalue weighted by Crippen LogP contribution is -2.41. The van der Waals surface area contributed by atoms with Gasteiger partial charge in [-0.25, -0.2) is 19.7 Å². The Kier molecular flexibility index (Phi) is 6.51. The van der Waals surface area contributed by atoms with Crippen molar-refractivity contribution in [1.29, 1.82) is 0 Å². The van der Waals surface area contributed by atoms with Gasteiger partial charge >= 0.3 is 12.2 Å². The molecule has 6 rings (SSSR count). The molecule has 3 aliphatic heterocycles. The zero-order valence-corrected chi connectivity index (χ0v) is 20.7. The minimum absolute atomic E-state index is 0. The second kappa shape index (κ2) is 9.67. The molecule has 5 heterocycles. The molecule has 0 bridgehead atoms. The number of hydrogen-bond acceptors (Lipinski definition) is 7. The molecule has 1 aromatic carbocycles. The third kappa shape index (κ3) is 4.55. The number of carbonyl (C=O) groups excluding carboxylic acids is 2. The molecule has 3 aliphatic rings. The highest BCUT2D eigenvalue weighted by Gasteiger charge is 2.39. The molecule has 10 nitrogen and oxygen atoms in total. The first-order chi connectivity index (χ1) is 17.8. The molecule has 0 radical (unpaired) electrons. The third-order valence-electron chi connectivity index (χ3n) is 6.45. The van der Waals surface area contributed by atoms with Crippen molar-refractivity contribution >= 4 is 48.4 Å². The lowest BCUT2D eigenvalue weighted by molar-refractivity contribution is -0.140. The average molecular weight is 546 g/mol. The quantitative estimate of drug-likeness (QED) is 0.513. The Morgan fingerprint density at radius 1 is 1.11 bits per heavy atom. The van der Waals surface area contributed by atoms with Crippen LogP contribution in [0.15, 0.2) is 42.7 Å². The standard InChI is InChI=1S/C24H20F3N7O3.H2S/c25-24(26,27)20-17(13-3-5-15(6-4-13)33-7-1-2-19(33)35)11-29-22(32-20)31-14-8-18-21(28-9-14)37-12-16-10-30-23(36)34(16)18;/h3-6,8-9,11,16H,1-2,7,10,12H2,(H,30,36)(H,29,31,32);1H2/t16-;/m0./s1. The van der Waals surface area contributed by atoms with Crippen LogP contribution >= 0.6 is 13.5 Å². The van der Waals surface area contributed by atoms with Crippen LogP contribution in [0.25, 0.3) is 11.1 Å². The number of halogens is 3. The van der Waals surface area contributed by atoms with Gasteiger partial charge in [0.2, 0.25) is 17.7 Å². The highest BCUT2D eigenvalue weighted by atomic mass is 32.1. The lowest BCUT2D eigenvalue weighted by atomic mass is 10.0. The van der Waals surface area contributed by atoms with E-state index < -0.39 is 11.9 Å². The highest BCUT2D eigenvalue weighted by molar-refractivity contribution is 7.59. The number of benzene rings is 1. The van der Waals surface area contributed by atoms with Gasteiger partial charge in [-0.15, -0.1) is 0 Å². The molecule has 0 spiro atoms. The summed E-state index contributed by atoms with van der Waals surface area (Å²) in [5.74, 6) is -0.0342. The first kappa shape index (κ1) is 25.6. The molecule has 0 unspecified atom stereocenters.